The maximum absolute atomic E-state index is 13.5. The highest BCUT2D eigenvalue weighted by Gasteiger charge is 2.25. The number of rotatable bonds is 6. The first-order chi connectivity index (χ1) is 15.0. The first kappa shape index (κ1) is 22.2. The highest BCUT2D eigenvalue weighted by Crippen LogP contribution is 2.28. The fourth-order valence-electron chi connectivity index (χ4n) is 5.07. The van der Waals surface area contributed by atoms with Gasteiger partial charge in [0.25, 0.3) is 0 Å². The van der Waals surface area contributed by atoms with Crippen LogP contribution in [-0.4, -0.2) is 49.6 Å². The minimum Gasteiger partial charge on any atom is -0.369 e. The molecule has 0 radical (unpaired) electrons. The Morgan fingerprint density at radius 1 is 1.00 bits per heavy atom. The Morgan fingerprint density at radius 3 is 2.29 bits per heavy atom. The van der Waals surface area contributed by atoms with Crippen molar-refractivity contribution >= 4 is 11.6 Å². The number of nitrogens with one attached hydrogen (secondary N) is 1. The van der Waals surface area contributed by atoms with Crippen LogP contribution < -0.4 is 10.2 Å². The quantitative estimate of drug-likeness (QED) is 0.673. The van der Waals surface area contributed by atoms with E-state index in [0.717, 1.165) is 88.7 Å². The van der Waals surface area contributed by atoms with Gasteiger partial charge in [-0.2, -0.15) is 0 Å². The summed E-state index contributed by atoms with van der Waals surface area (Å²) in [6, 6.07) is 2.47. The molecule has 4 nitrogen and oxygen atoms in total. The van der Waals surface area contributed by atoms with Crippen molar-refractivity contribution in [3.63, 3.8) is 0 Å². The molecule has 0 aromatic heterocycles. The lowest BCUT2D eigenvalue weighted by Gasteiger charge is -2.37. The van der Waals surface area contributed by atoms with Gasteiger partial charge in [0.1, 0.15) is 0 Å². The summed E-state index contributed by atoms with van der Waals surface area (Å²) in [5.41, 5.74) is 1.37. The van der Waals surface area contributed by atoms with Crippen LogP contribution in [-0.2, 0) is 4.79 Å². The fourth-order valence-corrected chi connectivity index (χ4v) is 5.07. The molecule has 0 unspecified atom stereocenters. The summed E-state index contributed by atoms with van der Waals surface area (Å²) in [5, 5.41) is 3.22. The first-order valence-corrected chi connectivity index (χ1v) is 11.6. The summed E-state index contributed by atoms with van der Waals surface area (Å²) >= 11 is 0. The fraction of sp³-hybridized carbons (Fsp3) is 0.625. The Balaban J connectivity index is 1.15. The second kappa shape index (κ2) is 10.1. The Hall–Kier alpha value is -2.02. The van der Waals surface area contributed by atoms with E-state index in [1.807, 2.05) is 4.90 Å². The van der Waals surface area contributed by atoms with Gasteiger partial charge in [-0.1, -0.05) is 6.08 Å². The predicted molar refractivity (Wildman–Crippen MR) is 115 cm³/mol. The highest BCUT2D eigenvalue weighted by atomic mass is 19.2. The molecule has 0 spiro atoms. The summed E-state index contributed by atoms with van der Waals surface area (Å²) < 4.78 is 40.2. The largest absolute Gasteiger partial charge is 0.369 e. The normalized spacial score (nSPS) is 24.9. The number of anilines is 1. The molecule has 1 aromatic carbocycles. The van der Waals surface area contributed by atoms with Gasteiger partial charge in [-0.3, -0.25) is 9.69 Å². The molecule has 170 valence electrons. The van der Waals surface area contributed by atoms with Gasteiger partial charge in [0.05, 0.1) is 0 Å². The first-order valence-electron chi connectivity index (χ1n) is 11.6. The number of piperazine rings is 1. The van der Waals surface area contributed by atoms with E-state index in [0.29, 0.717) is 30.7 Å². The van der Waals surface area contributed by atoms with Crippen molar-refractivity contribution in [2.24, 2.45) is 5.92 Å². The highest BCUT2D eigenvalue weighted by molar-refractivity contribution is 5.93. The molecule has 1 heterocycles. The number of nitrogens with zero attached hydrogens (tertiary/aromatic N) is 2. The van der Waals surface area contributed by atoms with Gasteiger partial charge in [-0.25, -0.2) is 13.2 Å². The predicted octanol–water partition coefficient (Wildman–Crippen LogP) is 4.40. The van der Waals surface area contributed by atoms with E-state index < -0.39 is 17.5 Å². The summed E-state index contributed by atoms with van der Waals surface area (Å²) in [4.78, 5) is 16.6. The molecule has 0 bridgehead atoms. The van der Waals surface area contributed by atoms with Crippen LogP contribution in [0.1, 0.15) is 51.4 Å². The molecule has 1 N–H and O–H groups in total. The van der Waals surface area contributed by atoms with Crippen LogP contribution in [0.3, 0.4) is 0 Å². The third kappa shape index (κ3) is 5.62. The molecule has 1 aromatic rings. The molecule has 4 rings (SSSR count). The van der Waals surface area contributed by atoms with E-state index in [1.54, 1.807) is 0 Å². The van der Waals surface area contributed by atoms with Crippen molar-refractivity contribution in [2.75, 3.05) is 37.6 Å². The van der Waals surface area contributed by atoms with Crippen molar-refractivity contribution in [1.82, 2.24) is 10.2 Å². The number of carbonyl (C=O) groups excluding carboxylic acids is 1. The van der Waals surface area contributed by atoms with Gasteiger partial charge in [-0.05, 0) is 63.8 Å². The van der Waals surface area contributed by atoms with Crippen molar-refractivity contribution in [1.29, 1.82) is 0 Å². The smallest absolute Gasteiger partial charge is 0.247 e. The molecule has 2 fully saturated rings. The van der Waals surface area contributed by atoms with Crippen LogP contribution in [0, 0.1) is 23.4 Å². The van der Waals surface area contributed by atoms with E-state index in [4.69, 9.17) is 0 Å². The second-order valence-corrected chi connectivity index (χ2v) is 9.15. The van der Waals surface area contributed by atoms with Crippen molar-refractivity contribution < 1.29 is 18.0 Å². The molecule has 0 atom stereocenters. The number of halogens is 3. The molecule has 7 heteroatoms. The van der Waals surface area contributed by atoms with E-state index in [1.165, 1.54) is 0 Å². The number of amides is 1. The molecule has 1 saturated carbocycles. The maximum Gasteiger partial charge on any atom is 0.247 e. The molecule has 31 heavy (non-hydrogen) atoms. The second-order valence-electron chi connectivity index (χ2n) is 9.15. The minimum absolute atomic E-state index is 0.139. The van der Waals surface area contributed by atoms with Crippen LogP contribution in [0.5, 0.6) is 0 Å². The van der Waals surface area contributed by atoms with Gasteiger partial charge in [0.2, 0.25) is 5.91 Å². The van der Waals surface area contributed by atoms with Crippen LogP contribution in [0.25, 0.3) is 0 Å². The summed E-state index contributed by atoms with van der Waals surface area (Å²) in [5.74, 6) is -2.85. The SMILES string of the molecule is O=C(NC1CCC(CCN2CCN(c3cc(F)c(F)c(F)c3)CC2)CC1)C1=CCCC1. The minimum atomic E-state index is -1.41. The lowest BCUT2D eigenvalue weighted by Crippen LogP contribution is -2.47. The average Bonchev–Trinajstić information content (AvgIpc) is 3.32. The third-order valence-corrected chi connectivity index (χ3v) is 7.07. The van der Waals surface area contributed by atoms with E-state index in [2.05, 4.69) is 16.3 Å². The van der Waals surface area contributed by atoms with Gasteiger partial charge in [0.15, 0.2) is 17.5 Å². The Labute approximate surface area is 182 Å². The zero-order valence-electron chi connectivity index (χ0n) is 18.0. The van der Waals surface area contributed by atoms with Crippen LogP contribution in [0.15, 0.2) is 23.8 Å². The summed E-state index contributed by atoms with van der Waals surface area (Å²) in [6.07, 6.45) is 10.7. The van der Waals surface area contributed by atoms with Crippen molar-refractivity contribution in [2.45, 2.75) is 57.4 Å². The lowest BCUT2D eigenvalue weighted by atomic mass is 9.84. The Kier molecular flexibility index (Phi) is 7.20. The van der Waals surface area contributed by atoms with Gasteiger partial charge < -0.3 is 10.2 Å². The molecule has 1 aliphatic heterocycles. The van der Waals surface area contributed by atoms with Crippen molar-refractivity contribution in [3.8, 4) is 0 Å². The summed E-state index contributed by atoms with van der Waals surface area (Å²) in [7, 11) is 0. The number of benzene rings is 1. The number of hydrogen-bond acceptors (Lipinski definition) is 3. The number of hydrogen-bond donors (Lipinski definition) is 1. The summed E-state index contributed by atoms with van der Waals surface area (Å²) in [6.45, 7) is 4.05. The molecule has 3 aliphatic rings. The van der Waals surface area contributed by atoms with Gasteiger partial charge in [0, 0.05) is 55.6 Å². The third-order valence-electron chi connectivity index (χ3n) is 7.07. The zero-order chi connectivity index (χ0) is 21.8. The zero-order valence-corrected chi connectivity index (χ0v) is 18.0. The maximum atomic E-state index is 13.5. The standard InChI is InChI=1S/C24H32F3N3O/c25-21-15-20(16-22(26)23(21)27)30-13-11-29(12-14-30)10-9-17-5-7-19(8-6-17)28-24(31)18-3-1-2-4-18/h3,15-17,19H,1-2,4-14H2,(H,28,31). The topological polar surface area (TPSA) is 35.6 Å². The van der Waals surface area contributed by atoms with E-state index in [-0.39, 0.29) is 5.91 Å². The van der Waals surface area contributed by atoms with Crippen LogP contribution in [0.2, 0.25) is 0 Å². The monoisotopic (exact) mass is 435 g/mol. The van der Waals surface area contributed by atoms with Crippen molar-refractivity contribution in [3.05, 3.63) is 41.2 Å². The van der Waals surface area contributed by atoms with E-state index >= 15 is 0 Å². The Bertz CT molecular complexity index is 789. The van der Waals surface area contributed by atoms with E-state index in [9.17, 15) is 18.0 Å². The van der Waals surface area contributed by atoms with Gasteiger partial charge in [-0.15, -0.1) is 0 Å². The average molecular weight is 436 g/mol. The lowest BCUT2D eigenvalue weighted by molar-refractivity contribution is -0.118. The van der Waals surface area contributed by atoms with Crippen LogP contribution in [0.4, 0.5) is 18.9 Å². The molecular weight excluding hydrogens is 403 g/mol. The molecule has 1 amide bonds. The number of carbonyl (C=O) groups is 1. The molecule has 2 aliphatic carbocycles. The number of allylic oxidation sites excluding steroid dienone is 1. The van der Waals surface area contributed by atoms with Gasteiger partial charge >= 0.3 is 0 Å². The molecule has 1 saturated heterocycles. The van der Waals surface area contributed by atoms with Crippen LogP contribution >= 0.6 is 0 Å². The molecular formula is C24H32F3N3O. The Morgan fingerprint density at radius 2 is 1.68 bits per heavy atom.